The van der Waals surface area contributed by atoms with Crippen LogP contribution < -0.4 is 5.32 Å². The number of benzene rings is 1. The first-order valence-electron chi connectivity index (χ1n) is 8.38. The summed E-state index contributed by atoms with van der Waals surface area (Å²) in [5.41, 5.74) is 0.0822. The number of carbonyl (C=O) groups is 1. The van der Waals surface area contributed by atoms with Crippen LogP contribution in [0.15, 0.2) is 45.4 Å². The lowest BCUT2D eigenvalue weighted by Gasteiger charge is -2.19. The van der Waals surface area contributed by atoms with Gasteiger partial charge in [-0.1, -0.05) is 18.5 Å². The highest BCUT2D eigenvalue weighted by Crippen LogP contribution is 2.20. The van der Waals surface area contributed by atoms with Crippen LogP contribution in [0.25, 0.3) is 11.7 Å². The van der Waals surface area contributed by atoms with E-state index in [1.54, 1.807) is 12.1 Å². The standard InChI is InChI=1S/C18H18ClFN4O3/c1-2-7-24(10-16(25)21-14-6-5-12(19)9-13(14)20)11-17-22-23-18(27-17)15-4-3-8-26-15/h3-6,8-9H,2,7,10-11H2,1H3,(H,21,25). The van der Waals surface area contributed by atoms with Crippen molar-refractivity contribution < 1.29 is 18.0 Å². The summed E-state index contributed by atoms with van der Waals surface area (Å²) in [7, 11) is 0. The zero-order chi connectivity index (χ0) is 19.2. The molecule has 2 aromatic heterocycles. The Labute approximate surface area is 160 Å². The van der Waals surface area contributed by atoms with Gasteiger partial charge in [0.15, 0.2) is 5.76 Å². The van der Waals surface area contributed by atoms with Gasteiger partial charge in [0, 0.05) is 5.02 Å². The van der Waals surface area contributed by atoms with Gasteiger partial charge in [0.25, 0.3) is 5.89 Å². The van der Waals surface area contributed by atoms with E-state index in [1.807, 2.05) is 11.8 Å². The maximum Gasteiger partial charge on any atom is 0.283 e. The van der Waals surface area contributed by atoms with Gasteiger partial charge in [-0.15, -0.1) is 10.2 Å². The van der Waals surface area contributed by atoms with Crippen LogP contribution in [0, 0.1) is 5.82 Å². The number of hydrogen-bond donors (Lipinski definition) is 1. The summed E-state index contributed by atoms with van der Waals surface area (Å²) in [6.07, 6.45) is 2.34. The average molecular weight is 393 g/mol. The van der Waals surface area contributed by atoms with E-state index in [0.29, 0.717) is 18.2 Å². The number of amides is 1. The predicted molar refractivity (Wildman–Crippen MR) is 97.6 cm³/mol. The highest BCUT2D eigenvalue weighted by molar-refractivity contribution is 6.30. The molecule has 1 N–H and O–H groups in total. The number of rotatable bonds is 8. The molecular weight excluding hydrogens is 375 g/mol. The van der Waals surface area contributed by atoms with Crippen LogP contribution in [0.3, 0.4) is 0 Å². The number of furan rings is 1. The molecule has 0 fully saturated rings. The first kappa shape index (κ1) is 19.1. The van der Waals surface area contributed by atoms with Crippen molar-refractivity contribution in [3.63, 3.8) is 0 Å². The molecule has 1 amide bonds. The van der Waals surface area contributed by atoms with Gasteiger partial charge in [-0.25, -0.2) is 4.39 Å². The van der Waals surface area contributed by atoms with E-state index in [2.05, 4.69) is 15.5 Å². The van der Waals surface area contributed by atoms with Gasteiger partial charge < -0.3 is 14.2 Å². The van der Waals surface area contributed by atoms with Gasteiger partial charge in [-0.2, -0.15) is 0 Å². The molecule has 0 aliphatic heterocycles. The Hall–Kier alpha value is -2.71. The SMILES string of the molecule is CCCN(CC(=O)Nc1ccc(Cl)cc1F)Cc1nnc(-c2ccco2)o1. The Balaban J connectivity index is 1.62. The molecule has 142 valence electrons. The molecule has 3 rings (SSSR count). The maximum atomic E-state index is 13.8. The van der Waals surface area contributed by atoms with Crippen molar-refractivity contribution in [1.82, 2.24) is 15.1 Å². The van der Waals surface area contributed by atoms with E-state index in [-0.39, 0.29) is 35.6 Å². The van der Waals surface area contributed by atoms with E-state index < -0.39 is 5.82 Å². The number of nitrogens with zero attached hydrogens (tertiary/aromatic N) is 3. The molecule has 1 aromatic carbocycles. The lowest BCUT2D eigenvalue weighted by atomic mass is 10.3. The van der Waals surface area contributed by atoms with Crippen molar-refractivity contribution in [2.24, 2.45) is 0 Å². The van der Waals surface area contributed by atoms with Crippen molar-refractivity contribution in [1.29, 1.82) is 0 Å². The predicted octanol–water partition coefficient (Wildman–Crippen LogP) is 3.97. The molecule has 0 spiro atoms. The van der Waals surface area contributed by atoms with E-state index in [0.717, 1.165) is 12.5 Å². The van der Waals surface area contributed by atoms with Crippen molar-refractivity contribution >= 4 is 23.2 Å². The minimum Gasteiger partial charge on any atom is -0.459 e. The molecule has 0 unspecified atom stereocenters. The fourth-order valence-electron chi connectivity index (χ4n) is 2.52. The number of hydrogen-bond acceptors (Lipinski definition) is 6. The number of carbonyl (C=O) groups excluding carboxylic acids is 1. The molecule has 27 heavy (non-hydrogen) atoms. The van der Waals surface area contributed by atoms with E-state index in [4.69, 9.17) is 20.4 Å². The van der Waals surface area contributed by atoms with E-state index in [9.17, 15) is 9.18 Å². The number of aromatic nitrogens is 2. The lowest BCUT2D eigenvalue weighted by molar-refractivity contribution is -0.117. The normalized spacial score (nSPS) is 11.1. The van der Waals surface area contributed by atoms with Crippen molar-refractivity contribution in [3.8, 4) is 11.7 Å². The summed E-state index contributed by atoms with van der Waals surface area (Å²) in [6, 6.07) is 7.53. The largest absolute Gasteiger partial charge is 0.459 e. The van der Waals surface area contributed by atoms with Crippen LogP contribution in [0.1, 0.15) is 19.2 Å². The summed E-state index contributed by atoms with van der Waals surface area (Å²) in [4.78, 5) is 14.1. The van der Waals surface area contributed by atoms with Gasteiger partial charge in [0.1, 0.15) is 5.82 Å². The Kier molecular flexibility index (Phi) is 6.20. The third-order valence-corrected chi connectivity index (χ3v) is 3.91. The quantitative estimate of drug-likeness (QED) is 0.624. The van der Waals surface area contributed by atoms with Gasteiger partial charge in [-0.3, -0.25) is 9.69 Å². The third-order valence-electron chi connectivity index (χ3n) is 3.67. The number of nitrogens with one attached hydrogen (secondary N) is 1. The van der Waals surface area contributed by atoms with Crippen LogP contribution in [0.5, 0.6) is 0 Å². The molecular formula is C18H18ClFN4O3. The number of anilines is 1. The second-order valence-electron chi connectivity index (χ2n) is 5.86. The van der Waals surface area contributed by atoms with Crippen molar-refractivity contribution in [2.45, 2.75) is 19.9 Å². The monoisotopic (exact) mass is 392 g/mol. The second kappa shape index (κ2) is 8.79. The molecule has 0 aliphatic rings. The maximum absolute atomic E-state index is 13.8. The Morgan fingerprint density at radius 1 is 1.33 bits per heavy atom. The summed E-state index contributed by atoms with van der Waals surface area (Å²) < 4.78 is 24.6. The molecule has 7 nitrogen and oxygen atoms in total. The van der Waals surface area contributed by atoms with E-state index in [1.165, 1.54) is 18.4 Å². The fraction of sp³-hybridized carbons (Fsp3) is 0.278. The van der Waals surface area contributed by atoms with Gasteiger partial charge in [-0.05, 0) is 43.3 Å². The summed E-state index contributed by atoms with van der Waals surface area (Å²) in [5.74, 6) is 0.180. The first-order valence-corrected chi connectivity index (χ1v) is 8.76. The van der Waals surface area contributed by atoms with Crippen LogP contribution in [-0.2, 0) is 11.3 Å². The summed E-state index contributed by atoms with van der Waals surface area (Å²) in [6.45, 7) is 2.97. The van der Waals surface area contributed by atoms with Crippen molar-refractivity contribution in [3.05, 3.63) is 53.3 Å². The highest BCUT2D eigenvalue weighted by atomic mass is 35.5. The average Bonchev–Trinajstić information content (AvgIpc) is 3.29. The zero-order valence-corrected chi connectivity index (χ0v) is 15.4. The minimum absolute atomic E-state index is 0.0500. The fourth-order valence-corrected chi connectivity index (χ4v) is 2.68. The molecule has 9 heteroatoms. The van der Waals surface area contributed by atoms with Gasteiger partial charge in [0.2, 0.25) is 11.8 Å². The molecule has 0 saturated heterocycles. The second-order valence-corrected chi connectivity index (χ2v) is 6.30. The van der Waals surface area contributed by atoms with Gasteiger partial charge in [0.05, 0.1) is 25.0 Å². The topological polar surface area (TPSA) is 84.4 Å². The Morgan fingerprint density at radius 3 is 2.89 bits per heavy atom. The third kappa shape index (κ3) is 5.15. The van der Waals surface area contributed by atoms with Gasteiger partial charge >= 0.3 is 0 Å². The van der Waals surface area contributed by atoms with Crippen LogP contribution in [-0.4, -0.2) is 34.1 Å². The zero-order valence-electron chi connectivity index (χ0n) is 14.6. The minimum atomic E-state index is -0.585. The molecule has 0 saturated carbocycles. The molecule has 2 heterocycles. The van der Waals surface area contributed by atoms with Crippen LogP contribution in [0.2, 0.25) is 5.02 Å². The molecule has 0 bridgehead atoms. The highest BCUT2D eigenvalue weighted by Gasteiger charge is 2.17. The Bertz CT molecular complexity index is 898. The molecule has 0 aliphatic carbocycles. The van der Waals surface area contributed by atoms with Crippen LogP contribution in [0.4, 0.5) is 10.1 Å². The summed E-state index contributed by atoms with van der Waals surface area (Å²) in [5, 5.41) is 10.7. The Morgan fingerprint density at radius 2 is 2.19 bits per heavy atom. The molecule has 0 radical (unpaired) electrons. The summed E-state index contributed by atoms with van der Waals surface area (Å²) >= 11 is 5.72. The van der Waals surface area contributed by atoms with Crippen LogP contribution >= 0.6 is 11.6 Å². The van der Waals surface area contributed by atoms with E-state index >= 15 is 0 Å². The van der Waals surface area contributed by atoms with Crippen molar-refractivity contribution in [2.75, 3.05) is 18.4 Å². The molecule has 0 atom stereocenters. The smallest absolute Gasteiger partial charge is 0.283 e. The first-order chi connectivity index (χ1) is 13.0. The molecule has 3 aromatic rings. The number of halogens is 2. The lowest BCUT2D eigenvalue weighted by Crippen LogP contribution is -2.33.